The molecule has 35 heavy (non-hydrogen) atoms. The van der Waals surface area contributed by atoms with Crippen LogP contribution < -0.4 is 10.2 Å². The first kappa shape index (κ1) is 23.0. The van der Waals surface area contributed by atoms with Crippen LogP contribution in [0.3, 0.4) is 0 Å². The molecular formula is C25H26N6O3S. The Balaban J connectivity index is 1.23. The van der Waals surface area contributed by atoms with Crippen LogP contribution in [0.25, 0.3) is 11.0 Å². The minimum Gasteiger partial charge on any atom is -0.369 e. The summed E-state index contributed by atoms with van der Waals surface area (Å²) in [6.45, 7) is 4.10. The number of likely N-dealkylation sites (N-methyl/N-ethyl adjacent to an activating group) is 1. The minimum absolute atomic E-state index is 0.217. The number of fused-ring (bicyclic) bond motifs is 1. The van der Waals surface area contributed by atoms with Crippen LogP contribution in [0.5, 0.6) is 0 Å². The van der Waals surface area contributed by atoms with Crippen molar-refractivity contribution in [1.82, 2.24) is 25.4 Å². The summed E-state index contributed by atoms with van der Waals surface area (Å²) in [5.74, 6) is -0.266. The number of H-pyrrole nitrogens is 1. The van der Waals surface area contributed by atoms with Crippen LogP contribution >= 0.6 is 0 Å². The van der Waals surface area contributed by atoms with E-state index in [4.69, 9.17) is 0 Å². The Hall–Kier alpha value is -3.76. The summed E-state index contributed by atoms with van der Waals surface area (Å²) in [7, 11) is -1.53. The first-order valence-electron chi connectivity index (χ1n) is 11.3. The van der Waals surface area contributed by atoms with Crippen LogP contribution in [0, 0.1) is 0 Å². The molecule has 2 aromatic carbocycles. The van der Waals surface area contributed by atoms with Gasteiger partial charge < -0.3 is 15.1 Å². The quantitative estimate of drug-likeness (QED) is 0.427. The second-order valence-corrected chi connectivity index (χ2v) is 10.6. The molecule has 2 aromatic heterocycles. The minimum atomic E-state index is -3.63. The molecule has 9 nitrogen and oxygen atoms in total. The van der Waals surface area contributed by atoms with Crippen LogP contribution in [-0.2, 0) is 16.4 Å². The van der Waals surface area contributed by atoms with Crippen molar-refractivity contribution in [2.75, 3.05) is 38.1 Å². The molecule has 10 heteroatoms. The van der Waals surface area contributed by atoms with Crippen molar-refractivity contribution in [3.63, 3.8) is 0 Å². The molecule has 0 unspecified atom stereocenters. The maximum atomic E-state index is 13.1. The lowest BCUT2D eigenvalue weighted by atomic mass is 10.2. The van der Waals surface area contributed by atoms with E-state index in [9.17, 15) is 13.2 Å². The summed E-state index contributed by atoms with van der Waals surface area (Å²) < 4.78 is 26.2. The molecule has 4 aromatic rings. The van der Waals surface area contributed by atoms with Crippen molar-refractivity contribution in [3.8, 4) is 0 Å². The second-order valence-electron chi connectivity index (χ2n) is 8.65. The van der Waals surface area contributed by atoms with Gasteiger partial charge in [0, 0.05) is 50.0 Å². The third-order valence-corrected chi connectivity index (χ3v) is 8.04. The van der Waals surface area contributed by atoms with E-state index in [0.29, 0.717) is 11.2 Å². The smallest absolute Gasteiger partial charge is 0.253 e. The molecule has 0 aliphatic carbocycles. The van der Waals surface area contributed by atoms with E-state index in [1.807, 2.05) is 12.1 Å². The summed E-state index contributed by atoms with van der Waals surface area (Å²) in [4.78, 5) is 21.7. The molecule has 3 heterocycles. The van der Waals surface area contributed by atoms with E-state index in [1.165, 1.54) is 6.20 Å². The molecule has 180 valence electrons. The SMILES string of the molecule is CN1CCN(c2ccc(S(=O)(=O)c3ccc(CNC(=O)c4cnc5[nH]ncc5c4)cc3)cc2)CC1. The fourth-order valence-electron chi connectivity index (χ4n) is 4.07. The van der Waals surface area contributed by atoms with Gasteiger partial charge in [-0.3, -0.25) is 9.89 Å². The highest BCUT2D eigenvalue weighted by atomic mass is 32.2. The molecule has 2 N–H and O–H groups in total. The largest absolute Gasteiger partial charge is 0.369 e. The van der Waals surface area contributed by atoms with Gasteiger partial charge in [0.25, 0.3) is 5.91 Å². The zero-order chi connectivity index (χ0) is 24.4. The van der Waals surface area contributed by atoms with Crippen molar-refractivity contribution in [2.24, 2.45) is 0 Å². The molecule has 0 bridgehead atoms. The monoisotopic (exact) mass is 490 g/mol. The van der Waals surface area contributed by atoms with E-state index in [-0.39, 0.29) is 22.2 Å². The zero-order valence-electron chi connectivity index (χ0n) is 19.3. The van der Waals surface area contributed by atoms with Crippen LogP contribution in [-0.4, -0.2) is 67.6 Å². The molecule has 0 radical (unpaired) electrons. The topological polar surface area (TPSA) is 111 Å². The van der Waals surface area contributed by atoms with Gasteiger partial charge in [0.2, 0.25) is 9.84 Å². The number of carbonyl (C=O) groups is 1. The number of amides is 1. The molecule has 1 amide bonds. The Kier molecular flexibility index (Phi) is 6.23. The van der Waals surface area contributed by atoms with Crippen molar-refractivity contribution in [3.05, 3.63) is 78.1 Å². The Labute approximate surface area is 203 Å². The molecule has 1 aliphatic heterocycles. The van der Waals surface area contributed by atoms with Crippen molar-refractivity contribution in [1.29, 1.82) is 0 Å². The zero-order valence-corrected chi connectivity index (χ0v) is 20.1. The maximum absolute atomic E-state index is 13.1. The molecule has 5 rings (SSSR count). The first-order valence-corrected chi connectivity index (χ1v) is 12.8. The number of sulfone groups is 1. The number of carbonyl (C=O) groups excluding carboxylic acids is 1. The molecular weight excluding hydrogens is 464 g/mol. The van der Waals surface area contributed by atoms with Crippen LogP contribution in [0.4, 0.5) is 5.69 Å². The predicted molar refractivity (Wildman–Crippen MR) is 133 cm³/mol. The maximum Gasteiger partial charge on any atom is 0.253 e. The number of benzene rings is 2. The van der Waals surface area contributed by atoms with E-state index >= 15 is 0 Å². The molecule has 0 saturated carbocycles. The average molecular weight is 491 g/mol. The van der Waals surface area contributed by atoms with E-state index in [1.54, 1.807) is 48.7 Å². The molecule has 0 atom stereocenters. The number of aromatic amines is 1. The Morgan fingerprint density at radius 1 is 0.971 bits per heavy atom. The van der Waals surface area contributed by atoms with Crippen LogP contribution in [0.1, 0.15) is 15.9 Å². The van der Waals surface area contributed by atoms with E-state index in [0.717, 1.165) is 42.8 Å². The van der Waals surface area contributed by atoms with Gasteiger partial charge in [-0.2, -0.15) is 5.10 Å². The molecule has 1 fully saturated rings. The highest BCUT2D eigenvalue weighted by molar-refractivity contribution is 7.91. The van der Waals surface area contributed by atoms with Gasteiger partial charge in [-0.05, 0) is 55.1 Å². The predicted octanol–water partition coefficient (Wildman–Crippen LogP) is 2.47. The highest BCUT2D eigenvalue weighted by Crippen LogP contribution is 2.24. The normalized spacial score (nSPS) is 14.8. The van der Waals surface area contributed by atoms with E-state index in [2.05, 4.69) is 37.3 Å². The summed E-state index contributed by atoms with van der Waals surface area (Å²) in [6.07, 6.45) is 3.10. The number of rotatable bonds is 6. The Bertz CT molecular complexity index is 1440. The second kappa shape index (κ2) is 9.47. The summed E-state index contributed by atoms with van der Waals surface area (Å²) in [5, 5.41) is 10.2. The number of piperazine rings is 1. The van der Waals surface area contributed by atoms with Crippen molar-refractivity contribution in [2.45, 2.75) is 16.3 Å². The van der Waals surface area contributed by atoms with Gasteiger partial charge >= 0.3 is 0 Å². The lowest BCUT2D eigenvalue weighted by molar-refractivity contribution is 0.0950. The number of hydrogen-bond donors (Lipinski definition) is 2. The molecule has 0 spiro atoms. The fourth-order valence-corrected chi connectivity index (χ4v) is 5.33. The van der Waals surface area contributed by atoms with Gasteiger partial charge in [0.05, 0.1) is 21.6 Å². The Morgan fingerprint density at radius 2 is 1.63 bits per heavy atom. The number of hydrogen-bond acceptors (Lipinski definition) is 7. The number of aromatic nitrogens is 3. The van der Waals surface area contributed by atoms with Crippen LogP contribution in [0.15, 0.2) is 76.8 Å². The van der Waals surface area contributed by atoms with Gasteiger partial charge in [-0.25, -0.2) is 13.4 Å². The first-order chi connectivity index (χ1) is 16.9. The number of anilines is 1. The van der Waals surface area contributed by atoms with Gasteiger partial charge in [0.1, 0.15) is 0 Å². The van der Waals surface area contributed by atoms with Gasteiger partial charge in [-0.15, -0.1) is 0 Å². The van der Waals surface area contributed by atoms with E-state index < -0.39 is 9.84 Å². The number of pyridine rings is 1. The van der Waals surface area contributed by atoms with Crippen LogP contribution in [0.2, 0.25) is 0 Å². The van der Waals surface area contributed by atoms with Crippen molar-refractivity contribution < 1.29 is 13.2 Å². The number of nitrogens with zero attached hydrogens (tertiary/aromatic N) is 4. The van der Waals surface area contributed by atoms with Gasteiger partial charge in [-0.1, -0.05) is 12.1 Å². The molecule has 1 saturated heterocycles. The lowest BCUT2D eigenvalue weighted by Gasteiger charge is -2.34. The summed E-state index contributed by atoms with van der Waals surface area (Å²) in [5.41, 5.74) is 2.87. The lowest BCUT2D eigenvalue weighted by Crippen LogP contribution is -2.44. The highest BCUT2D eigenvalue weighted by Gasteiger charge is 2.19. The summed E-state index contributed by atoms with van der Waals surface area (Å²) in [6, 6.07) is 15.4. The summed E-state index contributed by atoms with van der Waals surface area (Å²) >= 11 is 0. The van der Waals surface area contributed by atoms with Gasteiger partial charge in [0.15, 0.2) is 5.65 Å². The van der Waals surface area contributed by atoms with Crippen molar-refractivity contribution >= 4 is 32.5 Å². The standard InChI is InChI=1S/C25H26N6O3S/c1-30-10-12-31(13-11-30)21-4-8-23(9-5-21)35(33,34)22-6-2-18(3-7-22)15-27-25(32)20-14-19-17-28-29-24(19)26-16-20/h2-9,14,16-17H,10-13,15H2,1H3,(H,27,32)(H,26,28,29). The fraction of sp³-hybridized carbons (Fsp3) is 0.240. The average Bonchev–Trinajstić information content (AvgIpc) is 3.36. The third kappa shape index (κ3) is 4.89. The Morgan fingerprint density at radius 3 is 2.31 bits per heavy atom. The number of nitrogens with one attached hydrogen (secondary N) is 2. The third-order valence-electron chi connectivity index (χ3n) is 6.26. The molecule has 1 aliphatic rings.